The number of likely N-dealkylation sites (tertiary alicyclic amines) is 1. The average Bonchev–Trinajstić information content (AvgIpc) is 2.87. The fourth-order valence-corrected chi connectivity index (χ4v) is 3.34. The molecular formula is C19H26N4O. The molecule has 0 unspecified atom stereocenters. The van der Waals surface area contributed by atoms with Crippen LogP contribution in [0.3, 0.4) is 0 Å². The van der Waals surface area contributed by atoms with Gasteiger partial charge in [-0.1, -0.05) is 12.1 Å². The molecule has 24 heavy (non-hydrogen) atoms. The van der Waals surface area contributed by atoms with E-state index in [-0.39, 0.29) is 5.91 Å². The van der Waals surface area contributed by atoms with Gasteiger partial charge >= 0.3 is 0 Å². The Morgan fingerprint density at radius 1 is 1.29 bits per heavy atom. The van der Waals surface area contributed by atoms with E-state index < -0.39 is 0 Å². The second-order valence-electron chi connectivity index (χ2n) is 6.76. The van der Waals surface area contributed by atoms with Crippen molar-refractivity contribution in [3.63, 3.8) is 0 Å². The molecule has 1 aliphatic heterocycles. The summed E-state index contributed by atoms with van der Waals surface area (Å²) in [5.41, 5.74) is 5.40. The molecule has 1 amide bonds. The zero-order valence-corrected chi connectivity index (χ0v) is 14.7. The van der Waals surface area contributed by atoms with E-state index >= 15 is 0 Å². The van der Waals surface area contributed by atoms with Crippen molar-refractivity contribution in [2.75, 3.05) is 18.4 Å². The van der Waals surface area contributed by atoms with E-state index in [1.165, 1.54) is 11.3 Å². The van der Waals surface area contributed by atoms with Gasteiger partial charge in [0, 0.05) is 36.1 Å². The quantitative estimate of drug-likeness (QED) is 0.908. The maximum absolute atomic E-state index is 12.5. The smallest absolute Gasteiger partial charge is 0.227 e. The van der Waals surface area contributed by atoms with Crippen LogP contribution < -0.4 is 5.32 Å². The zero-order chi connectivity index (χ0) is 17.1. The first-order valence-electron chi connectivity index (χ1n) is 8.64. The number of nitrogens with one attached hydrogen (secondary N) is 2. The Hall–Kier alpha value is -2.30. The number of nitrogens with zero attached hydrogens (tertiary/aromatic N) is 2. The maximum Gasteiger partial charge on any atom is 0.227 e. The van der Waals surface area contributed by atoms with Gasteiger partial charge in [0.15, 0.2) is 0 Å². The molecule has 0 radical (unpaired) electrons. The fraction of sp³-hybridized carbons (Fsp3) is 0.474. The van der Waals surface area contributed by atoms with Crippen molar-refractivity contribution in [2.24, 2.45) is 0 Å². The summed E-state index contributed by atoms with van der Waals surface area (Å²) in [6, 6.07) is 8.89. The molecule has 0 saturated carbocycles. The Morgan fingerprint density at radius 2 is 2.04 bits per heavy atom. The molecule has 2 aromatic rings. The molecule has 2 heterocycles. The van der Waals surface area contributed by atoms with Crippen LogP contribution in [-0.2, 0) is 11.2 Å². The maximum atomic E-state index is 12.5. The molecule has 3 rings (SSSR count). The SMILES string of the molecule is Cc1cccc(NC2CCN(C(=O)Cc3c(C)n[nH]c3C)CC2)c1. The number of aromatic nitrogens is 2. The summed E-state index contributed by atoms with van der Waals surface area (Å²) in [7, 11) is 0. The lowest BCUT2D eigenvalue weighted by molar-refractivity contribution is -0.131. The fourth-order valence-electron chi connectivity index (χ4n) is 3.34. The highest BCUT2D eigenvalue weighted by molar-refractivity contribution is 5.79. The summed E-state index contributed by atoms with van der Waals surface area (Å²) in [5.74, 6) is 0.205. The molecule has 2 N–H and O–H groups in total. The third-order valence-electron chi connectivity index (χ3n) is 4.85. The number of hydrogen-bond donors (Lipinski definition) is 2. The molecule has 1 saturated heterocycles. The number of aromatic amines is 1. The van der Waals surface area contributed by atoms with Crippen LogP contribution in [0, 0.1) is 20.8 Å². The summed E-state index contributed by atoms with van der Waals surface area (Å²) in [4.78, 5) is 14.5. The van der Waals surface area contributed by atoms with Crippen LogP contribution in [0.5, 0.6) is 0 Å². The number of benzene rings is 1. The van der Waals surface area contributed by atoms with Crippen LogP contribution in [0.2, 0.25) is 0 Å². The molecule has 0 atom stereocenters. The van der Waals surface area contributed by atoms with Crippen molar-refractivity contribution in [3.8, 4) is 0 Å². The minimum Gasteiger partial charge on any atom is -0.382 e. The summed E-state index contributed by atoms with van der Waals surface area (Å²) in [6.45, 7) is 7.66. The molecule has 0 spiro atoms. The lowest BCUT2D eigenvalue weighted by Gasteiger charge is -2.33. The first-order chi connectivity index (χ1) is 11.5. The van der Waals surface area contributed by atoms with Gasteiger partial charge in [0.2, 0.25) is 5.91 Å². The third kappa shape index (κ3) is 3.78. The summed E-state index contributed by atoms with van der Waals surface area (Å²) < 4.78 is 0. The average molecular weight is 326 g/mol. The first kappa shape index (κ1) is 16.6. The van der Waals surface area contributed by atoms with Crippen LogP contribution in [0.4, 0.5) is 5.69 Å². The van der Waals surface area contributed by atoms with Crippen molar-refractivity contribution in [2.45, 2.75) is 46.1 Å². The molecule has 1 aromatic heterocycles. The highest BCUT2D eigenvalue weighted by Gasteiger charge is 2.24. The lowest BCUT2D eigenvalue weighted by Crippen LogP contribution is -2.43. The van der Waals surface area contributed by atoms with Crippen LogP contribution >= 0.6 is 0 Å². The predicted octanol–water partition coefficient (Wildman–Crippen LogP) is 2.98. The van der Waals surface area contributed by atoms with Crippen molar-refractivity contribution < 1.29 is 4.79 Å². The van der Waals surface area contributed by atoms with Crippen molar-refractivity contribution in [1.29, 1.82) is 0 Å². The van der Waals surface area contributed by atoms with E-state index in [9.17, 15) is 4.79 Å². The van der Waals surface area contributed by atoms with Gasteiger partial charge in [-0.3, -0.25) is 9.89 Å². The molecule has 0 bridgehead atoms. The van der Waals surface area contributed by atoms with Crippen molar-refractivity contribution in [3.05, 3.63) is 46.8 Å². The molecule has 128 valence electrons. The van der Waals surface area contributed by atoms with E-state index in [0.29, 0.717) is 12.5 Å². The van der Waals surface area contributed by atoms with Crippen LogP contribution in [0.1, 0.15) is 35.4 Å². The Bertz CT molecular complexity index is 694. The van der Waals surface area contributed by atoms with Crippen LogP contribution in [0.15, 0.2) is 24.3 Å². The normalized spacial score (nSPS) is 15.5. The summed E-state index contributed by atoms with van der Waals surface area (Å²) in [5, 5.41) is 10.7. The molecule has 0 aliphatic carbocycles. The van der Waals surface area contributed by atoms with Gasteiger partial charge in [0.25, 0.3) is 0 Å². The predicted molar refractivity (Wildman–Crippen MR) is 96.2 cm³/mol. The Kier molecular flexibility index (Phi) is 4.88. The summed E-state index contributed by atoms with van der Waals surface area (Å²) >= 11 is 0. The van der Waals surface area contributed by atoms with Gasteiger partial charge in [0.05, 0.1) is 12.1 Å². The van der Waals surface area contributed by atoms with Gasteiger partial charge in [-0.05, 0) is 51.3 Å². The lowest BCUT2D eigenvalue weighted by atomic mass is 10.0. The minimum absolute atomic E-state index is 0.205. The third-order valence-corrected chi connectivity index (χ3v) is 4.85. The molecule has 5 nitrogen and oxygen atoms in total. The number of carbonyl (C=O) groups is 1. The van der Waals surface area contributed by atoms with Gasteiger partial charge in [0.1, 0.15) is 0 Å². The van der Waals surface area contributed by atoms with E-state index in [0.717, 1.165) is 42.9 Å². The molecule has 1 aromatic carbocycles. The number of piperidine rings is 1. The monoisotopic (exact) mass is 326 g/mol. The van der Waals surface area contributed by atoms with Gasteiger partial charge in [-0.2, -0.15) is 5.10 Å². The second kappa shape index (κ2) is 7.07. The van der Waals surface area contributed by atoms with E-state index in [1.54, 1.807) is 0 Å². The number of hydrogen-bond acceptors (Lipinski definition) is 3. The number of anilines is 1. The zero-order valence-electron chi connectivity index (χ0n) is 14.7. The van der Waals surface area contributed by atoms with E-state index in [4.69, 9.17) is 0 Å². The highest BCUT2D eigenvalue weighted by atomic mass is 16.2. The number of rotatable bonds is 4. The van der Waals surface area contributed by atoms with Crippen molar-refractivity contribution >= 4 is 11.6 Å². The molecule has 1 fully saturated rings. The molecule has 1 aliphatic rings. The number of aryl methyl sites for hydroxylation is 3. The highest BCUT2D eigenvalue weighted by Crippen LogP contribution is 2.19. The van der Waals surface area contributed by atoms with Crippen LogP contribution in [0.25, 0.3) is 0 Å². The number of amides is 1. The summed E-state index contributed by atoms with van der Waals surface area (Å²) in [6.07, 6.45) is 2.43. The standard InChI is InChI=1S/C19H26N4O/c1-13-5-4-6-17(11-13)20-16-7-9-23(10-8-16)19(24)12-18-14(2)21-22-15(18)3/h4-6,11,16,20H,7-10,12H2,1-3H3,(H,21,22). The minimum atomic E-state index is 0.205. The Balaban J connectivity index is 1.52. The van der Waals surface area contributed by atoms with Crippen LogP contribution in [-0.4, -0.2) is 40.1 Å². The van der Waals surface area contributed by atoms with Crippen molar-refractivity contribution in [1.82, 2.24) is 15.1 Å². The van der Waals surface area contributed by atoms with Gasteiger partial charge < -0.3 is 10.2 Å². The van der Waals surface area contributed by atoms with Gasteiger partial charge in [-0.25, -0.2) is 0 Å². The largest absolute Gasteiger partial charge is 0.382 e. The first-order valence-corrected chi connectivity index (χ1v) is 8.64. The Labute approximate surface area is 143 Å². The van der Waals surface area contributed by atoms with E-state index in [2.05, 4.69) is 46.7 Å². The Morgan fingerprint density at radius 3 is 2.67 bits per heavy atom. The number of H-pyrrole nitrogens is 1. The second-order valence-corrected chi connectivity index (χ2v) is 6.76. The van der Waals surface area contributed by atoms with E-state index in [1.807, 2.05) is 18.7 Å². The number of carbonyl (C=O) groups excluding carboxylic acids is 1. The molecular weight excluding hydrogens is 300 g/mol. The topological polar surface area (TPSA) is 61.0 Å². The molecule has 5 heteroatoms. The van der Waals surface area contributed by atoms with Gasteiger partial charge in [-0.15, -0.1) is 0 Å².